The van der Waals surface area contributed by atoms with Gasteiger partial charge in [0.2, 0.25) is 0 Å². The normalized spacial score (nSPS) is 20.8. The highest BCUT2D eigenvalue weighted by Crippen LogP contribution is 2.39. The van der Waals surface area contributed by atoms with Crippen LogP contribution in [0.4, 0.5) is 5.69 Å². The summed E-state index contributed by atoms with van der Waals surface area (Å²) in [5, 5.41) is 4.41. The molecule has 1 aromatic carbocycles. The summed E-state index contributed by atoms with van der Waals surface area (Å²) in [5.41, 5.74) is 1.96. The summed E-state index contributed by atoms with van der Waals surface area (Å²) in [5.74, 6) is 1.21. The number of amidine groups is 1. The van der Waals surface area contributed by atoms with Gasteiger partial charge in [-0.2, -0.15) is 0 Å². The third kappa shape index (κ3) is 2.90. The number of rotatable bonds is 2. The highest BCUT2D eigenvalue weighted by molar-refractivity contribution is 8.14. The van der Waals surface area contributed by atoms with Gasteiger partial charge in [0.05, 0.1) is 5.54 Å². The second-order valence-electron chi connectivity index (χ2n) is 5.75. The van der Waals surface area contributed by atoms with Crippen LogP contribution < -0.4 is 5.32 Å². The van der Waals surface area contributed by atoms with Crippen molar-refractivity contribution in [1.82, 2.24) is 0 Å². The summed E-state index contributed by atoms with van der Waals surface area (Å²) in [7, 11) is 0. The lowest BCUT2D eigenvalue weighted by molar-refractivity contribution is 0.101. The quantitative estimate of drug-likeness (QED) is 0.833. The van der Waals surface area contributed by atoms with E-state index in [0.717, 1.165) is 22.2 Å². The number of Topliss-reactive ketones (excluding diaryl/α,β-unsaturated/α-hetero) is 1. The SMILES string of the molecule is CC(=O)c1ccc(NC2=NC3(CCCCC3)CS2)cc1. The predicted molar refractivity (Wildman–Crippen MR) is 85.8 cm³/mol. The average molecular weight is 288 g/mol. The zero-order valence-corrected chi connectivity index (χ0v) is 12.6. The van der Waals surface area contributed by atoms with Crippen molar-refractivity contribution in [3.8, 4) is 0 Å². The number of carbonyl (C=O) groups excluding carboxylic acids is 1. The van der Waals surface area contributed by atoms with E-state index in [0.29, 0.717) is 0 Å². The van der Waals surface area contributed by atoms with Gasteiger partial charge in [-0.3, -0.25) is 9.79 Å². The minimum atomic E-state index is 0.102. The van der Waals surface area contributed by atoms with Crippen LogP contribution in [0, 0.1) is 0 Å². The molecule has 0 atom stereocenters. The maximum absolute atomic E-state index is 11.3. The first-order valence-electron chi connectivity index (χ1n) is 7.28. The second-order valence-corrected chi connectivity index (χ2v) is 6.71. The fourth-order valence-corrected chi connectivity index (χ4v) is 4.13. The number of aliphatic imine (C=N–C) groups is 1. The first-order chi connectivity index (χ1) is 9.67. The Morgan fingerprint density at radius 2 is 1.90 bits per heavy atom. The van der Waals surface area contributed by atoms with E-state index >= 15 is 0 Å². The summed E-state index contributed by atoms with van der Waals surface area (Å²) in [6.07, 6.45) is 6.44. The Labute approximate surface area is 124 Å². The Balaban J connectivity index is 1.69. The van der Waals surface area contributed by atoms with Gasteiger partial charge >= 0.3 is 0 Å². The van der Waals surface area contributed by atoms with E-state index in [1.807, 2.05) is 36.0 Å². The number of hydrogen-bond acceptors (Lipinski definition) is 4. The Hall–Kier alpha value is -1.29. The van der Waals surface area contributed by atoms with Gasteiger partial charge in [0.15, 0.2) is 11.0 Å². The molecule has 1 aliphatic heterocycles. The lowest BCUT2D eigenvalue weighted by Gasteiger charge is -2.29. The predicted octanol–water partition coefficient (Wildman–Crippen LogP) is 4.11. The van der Waals surface area contributed by atoms with Gasteiger partial charge in [-0.1, -0.05) is 31.0 Å². The topological polar surface area (TPSA) is 41.5 Å². The second kappa shape index (κ2) is 5.60. The molecule has 1 saturated carbocycles. The van der Waals surface area contributed by atoms with Gasteiger partial charge in [0.1, 0.15) is 0 Å². The number of thioether (sulfide) groups is 1. The first kappa shape index (κ1) is 13.7. The lowest BCUT2D eigenvalue weighted by atomic mass is 9.84. The van der Waals surface area contributed by atoms with E-state index in [1.54, 1.807) is 6.92 Å². The number of ketones is 1. The Bertz CT molecular complexity index is 530. The lowest BCUT2D eigenvalue weighted by Crippen LogP contribution is -2.29. The van der Waals surface area contributed by atoms with Crippen molar-refractivity contribution < 1.29 is 4.79 Å². The molecule has 1 aromatic rings. The van der Waals surface area contributed by atoms with Gasteiger partial charge in [0, 0.05) is 17.0 Å². The third-order valence-electron chi connectivity index (χ3n) is 4.14. The molecule has 1 N–H and O–H groups in total. The summed E-state index contributed by atoms with van der Waals surface area (Å²) in [4.78, 5) is 16.2. The van der Waals surface area contributed by atoms with E-state index in [-0.39, 0.29) is 11.3 Å². The largest absolute Gasteiger partial charge is 0.335 e. The molecule has 3 rings (SSSR count). The fraction of sp³-hybridized carbons (Fsp3) is 0.500. The summed E-state index contributed by atoms with van der Waals surface area (Å²) < 4.78 is 0. The molecule has 4 heteroatoms. The van der Waals surface area contributed by atoms with Crippen molar-refractivity contribution in [2.45, 2.75) is 44.6 Å². The van der Waals surface area contributed by atoms with Crippen LogP contribution in [0.2, 0.25) is 0 Å². The Morgan fingerprint density at radius 3 is 2.55 bits per heavy atom. The van der Waals surface area contributed by atoms with Gasteiger partial charge < -0.3 is 5.32 Å². The highest BCUT2D eigenvalue weighted by Gasteiger charge is 2.36. The smallest absolute Gasteiger partial charge is 0.161 e. The van der Waals surface area contributed by atoms with Crippen LogP contribution in [0.1, 0.15) is 49.4 Å². The minimum Gasteiger partial charge on any atom is -0.335 e. The maximum atomic E-state index is 11.3. The van der Waals surface area contributed by atoms with Gasteiger partial charge in [-0.15, -0.1) is 0 Å². The zero-order valence-electron chi connectivity index (χ0n) is 11.8. The van der Waals surface area contributed by atoms with E-state index in [4.69, 9.17) is 4.99 Å². The van der Waals surface area contributed by atoms with Crippen LogP contribution in [-0.2, 0) is 0 Å². The molecule has 0 unspecified atom stereocenters. The molecule has 106 valence electrons. The molecule has 1 spiro atoms. The molecule has 2 aliphatic rings. The Morgan fingerprint density at radius 1 is 1.20 bits per heavy atom. The molecular weight excluding hydrogens is 268 g/mol. The average Bonchev–Trinajstić information content (AvgIpc) is 2.83. The van der Waals surface area contributed by atoms with Crippen molar-refractivity contribution in [2.24, 2.45) is 4.99 Å². The molecule has 1 heterocycles. The van der Waals surface area contributed by atoms with Crippen LogP contribution in [-0.4, -0.2) is 22.2 Å². The number of nitrogens with one attached hydrogen (secondary N) is 1. The van der Waals surface area contributed by atoms with Crippen LogP contribution in [0.15, 0.2) is 29.3 Å². The van der Waals surface area contributed by atoms with E-state index in [2.05, 4.69) is 5.32 Å². The summed E-state index contributed by atoms with van der Waals surface area (Å²) in [6.45, 7) is 1.59. The fourth-order valence-electron chi connectivity index (χ4n) is 2.92. The summed E-state index contributed by atoms with van der Waals surface area (Å²) >= 11 is 1.83. The molecule has 0 aromatic heterocycles. The van der Waals surface area contributed by atoms with E-state index in [9.17, 15) is 4.79 Å². The van der Waals surface area contributed by atoms with Gasteiger partial charge in [-0.05, 0) is 44.0 Å². The van der Waals surface area contributed by atoms with Crippen LogP contribution >= 0.6 is 11.8 Å². The maximum Gasteiger partial charge on any atom is 0.161 e. The van der Waals surface area contributed by atoms with Crippen molar-refractivity contribution in [3.63, 3.8) is 0 Å². The molecule has 1 fully saturated rings. The van der Waals surface area contributed by atoms with E-state index in [1.165, 1.54) is 32.1 Å². The van der Waals surface area contributed by atoms with Crippen LogP contribution in [0.5, 0.6) is 0 Å². The molecule has 1 aliphatic carbocycles. The minimum absolute atomic E-state index is 0.102. The van der Waals surface area contributed by atoms with E-state index < -0.39 is 0 Å². The van der Waals surface area contributed by atoms with Crippen molar-refractivity contribution >= 4 is 28.4 Å². The van der Waals surface area contributed by atoms with Crippen molar-refractivity contribution in [1.29, 1.82) is 0 Å². The molecule has 0 radical (unpaired) electrons. The molecule has 3 nitrogen and oxygen atoms in total. The number of anilines is 1. The number of carbonyl (C=O) groups is 1. The first-order valence-corrected chi connectivity index (χ1v) is 8.26. The molecule has 20 heavy (non-hydrogen) atoms. The molecule has 0 saturated heterocycles. The third-order valence-corrected chi connectivity index (χ3v) is 5.29. The molecule has 0 bridgehead atoms. The highest BCUT2D eigenvalue weighted by atomic mass is 32.2. The molecular formula is C16H20N2OS. The zero-order chi connectivity index (χ0) is 14.0. The van der Waals surface area contributed by atoms with Crippen LogP contribution in [0.3, 0.4) is 0 Å². The van der Waals surface area contributed by atoms with Gasteiger partial charge in [-0.25, -0.2) is 0 Å². The Kier molecular flexibility index (Phi) is 3.83. The number of hydrogen-bond donors (Lipinski definition) is 1. The summed E-state index contributed by atoms with van der Waals surface area (Å²) in [6, 6.07) is 7.62. The monoisotopic (exact) mass is 288 g/mol. The van der Waals surface area contributed by atoms with Crippen molar-refractivity contribution in [2.75, 3.05) is 11.1 Å². The standard InChI is InChI=1S/C16H20N2OS/c1-12(19)13-5-7-14(8-6-13)17-15-18-16(11-20-15)9-3-2-4-10-16/h5-8H,2-4,9-11H2,1H3,(H,17,18). The van der Waals surface area contributed by atoms with Crippen molar-refractivity contribution in [3.05, 3.63) is 29.8 Å². The number of nitrogens with zero attached hydrogens (tertiary/aromatic N) is 1. The van der Waals surface area contributed by atoms with Gasteiger partial charge in [0.25, 0.3) is 0 Å². The molecule has 0 amide bonds. The number of benzene rings is 1. The van der Waals surface area contributed by atoms with Crippen LogP contribution in [0.25, 0.3) is 0 Å².